The van der Waals surface area contributed by atoms with Crippen molar-refractivity contribution < 1.29 is 4.39 Å². The van der Waals surface area contributed by atoms with Gasteiger partial charge >= 0.3 is 0 Å². The Balaban J connectivity index is 2.02. The van der Waals surface area contributed by atoms with Crippen LogP contribution < -0.4 is 5.32 Å². The highest BCUT2D eigenvalue weighted by Gasteiger charge is 2.27. The average molecular weight is 236 g/mol. The van der Waals surface area contributed by atoms with Crippen LogP contribution in [0.1, 0.15) is 39.5 Å². The van der Waals surface area contributed by atoms with Crippen LogP contribution in [-0.4, -0.2) is 11.0 Å². The molecule has 2 nitrogen and oxygen atoms in total. The van der Waals surface area contributed by atoms with Gasteiger partial charge in [0.25, 0.3) is 0 Å². The Labute approximate surface area is 103 Å². The third kappa shape index (κ3) is 3.18. The molecule has 2 rings (SSSR count). The van der Waals surface area contributed by atoms with Gasteiger partial charge in [-0.25, -0.2) is 4.98 Å². The second-order valence-corrected chi connectivity index (χ2v) is 5.31. The number of rotatable bonds is 3. The van der Waals surface area contributed by atoms with E-state index in [2.05, 4.69) is 24.1 Å². The van der Waals surface area contributed by atoms with Gasteiger partial charge in [-0.3, -0.25) is 0 Å². The Hall–Kier alpha value is -1.12. The molecule has 1 aliphatic rings. The van der Waals surface area contributed by atoms with Crippen LogP contribution >= 0.6 is 0 Å². The van der Waals surface area contributed by atoms with Gasteiger partial charge in [-0.05, 0) is 36.8 Å². The topological polar surface area (TPSA) is 24.9 Å². The second kappa shape index (κ2) is 5.48. The van der Waals surface area contributed by atoms with Crippen molar-refractivity contribution in [3.8, 4) is 0 Å². The molecule has 1 aromatic rings. The van der Waals surface area contributed by atoms with Crippen molar-refractivity contribution in [2.75, 3.05) is 5.32 Å². The summed E-state index contributed by atoms with van der Waals surface area (Å²) in [6.45, 7) is 4.57. The van der Waals surface area contributed by atoms with Gasteiger partial charge in [0.15, 0.2) is 0 Å². The van der Waals surface area contributed by atoms with Gasteiger partial charge < -0.3 is 5.32 Å². The van der Waals surface area contributed by atoms with Crippen molar-refractivity contribution in [3.63, 3.8) is 0 Å². The zero-order valence-corrected chi connectivity index (χ0v) is 10.6. The summed E-state index contributed by atoms with van der Waals surface area (Å²) in [5.41, 5.74) is 0.934. The molecule has 1 heterocycles. The number of aromatic nitrogens is 1. The van der Waals surface area contributed by atoms with E-state index in [0.717, 1.165) is 5.69 Å². The number of halogens is 1. The van der Waals surface area contributed by atoms with E-state index in [-0.39, 0.29) is 0 Å². The molecule has 0 amide bonds. The van der Waals surface area contributed by atoms with Crippen LogP contribution in [0.3, 0.4) is 0 Å². The monoisotopic (exact) mass is 236 g/mol. The van der Waals surface area contributed by atoms with Gasteiger partial charge in [0.2, 0.25) is 5.95 Å². The first-order chi connectivity index (χ1) is 8.16. The minimum Gasteiger partial charge on any atom is -0.381 e. The maximum atomic E-state index is 12.7. The second-order valence-electron chi connectivity index (χ2n) is 5.31. The Morgan fingerprint density at radius 1 is 1.29 bits per heavy atom. The number of anilines is 1. The first kappa shape index (κ1) is 12.3. The van der Waals surface area contributed by atoms with Gasteiger partial charge in [-0.1, -0.05) is 26.7 Å². The predicted molar refractivity (Wildman–Crippen MR) is 68.4 cm³/mol. The molecular formula is C14H21FN2. The lowest BCUT2D eigenvalue weighted by Gasteiger charge is -2.35. The standard InChI is InChI=1S/C14H21FN2/c1-10(2)12-5-3-4-6-13(12)17-11-7-8-14(15)16-9-11/h7-10,12-13,17H,3-6H2,1-2H3. The van der Waals surface area contributed by atoms with E-state index in [0.29, 0.717) is 17.9 Å². The molecule has 1 aromatic heterocycles. The molecule has 0 aliphatic heterocycles. The fourth-order valence-corrected chi connectivity index (χ4v) is 2.81. The lowest BCUT2D eigenvalue weighted by Crippen LogP contribution is -2.35. The van der Waals surface area contributed by atoms with Crippen molar-refractivity contribution in [2.24, 2.45) is 11.8 Å². The molecule has 1 aliphatic carbocycles. The number of hydrogen-bond donors (Lipinski definition) is 1. The molecule has 0 radical (unpaired) electrons. The normalized spacial score (nSPS) is 24.9. The van der Waals surface area contributed by atoms with Crippen molar-refractivity contribution in [1.29, 1.82) is 0 Å². The van der Waals surface area contributed by atoms with Crippen LogP contribution in [0.4, 0.5) is 10.1 Å². The Bertz CT molecular complexity index is 348. The summed E-state index contributed by atoms with van der Waals surface area (Å²) in [6, 6.07) is 3.69. The smallest absolute Gasteiger partial charge is 0.212 e. The molecule has 17 heavy (non-hydrogen) atoms. The number of pyridine rings is 1. The molecular weight excluding hydrogens is 215 g/mol. The van der Waals surface area contributed by atoms with Crippen LogP contribution in [0.25, 0.3) is 0 Å². The lowest BCUT2D eigenvalue weighted by molar-refractivity contribution is 0.254. The lowest BCUT2D eigenvalue weighted by atomic mass is 9.78. The summed E-state index contributed by atoms with van der Waals surface area (Å²) in [4.78, 5) is 3.69. The van der Waals surface area contributed by atoms with E-state index in [1.807, 2.05) is 0 Å². The van der Waals surface area contributed by atoms with Crippen molar-refractivity contribution in [1.82, 2.24) is 4.98 Å². The van der Waals surface area contributed by atoms with E-state index in [1.54, 1.807) is 12.3 Å². The van der Waals surface area contributed by atoms with Crippen molar-refractivity contribution in [2.45, 2.75) is 45.6 Å². The first-order valence-corrected chi connectivity index (χ1v) is 6.55. The highest BCUT2D eigenvalue weighted by atomic mass is 19.1. The minimum absolute atomic E-state index is 0.417. The van der Waals surface area contributed by atoms with Crippen LogP contribution in [0.15, 0.2) is 18.3 Å². The number of nitrogens with zero attached hydrogens (tertiary/aromatic N) is 1. The number of hydrogen-bond acceptors (Lipinski definition) is 2. The zero-order valence-electron chi connectivity index (χ0n) is 10.6. The summed E-state index contributed by atoms with van der Waals surface area (Å²) in [5, 5.41) is 3.51. The van der Waals surface area contributed by atoms with Crippen molar-refractivity contribution in [3.05, 3.63) is 24.3 Å². The zero-order chi connectivity index (χ0) is 12.3. The van der Waals surface area contributed by atoms with Crippen LogP contribution in [0, 0.1) is 17.8 Å². The molecule has 1 N–H and O–H groups in total. The van der Waals surface area contributed by atoms with E-state index in [9.17, 15) is 4.39 Å². The third-order valence-corrected chi connectivity index (χ3v) is 3.76. The SMILES string of the molecule is CC(C)C1CCCCC1Nc1ccc(F)nc1. The van der Waals surface area contributed by atoms with Crippen LogP contribution in [-0.2, 0) is 0 Å². The highest BCUT2D eigenvalue weighted by Crippen LogP contribution is 2.32. The largest absolute Gasteiger partial charge is 0.381 e. The maximum Gasteiger partial charge on any atom is 0.212 e. The van der Waals surface area contributed by atoms with Crippen LogP contribution in [0.5, 0.6) is 0 Å². The van der Waals surface area contributed by atoms with E-state index in [4.69, 9.17) is 0 Å². The molecule has 0 aromatic carbocycles. The Morgan fingerprint density at radius 2 is 2.06 bits per heavy atom. The van der Waals surface area contributed by atoms with Crippen molar-refractivity contribution >= 4 is 5.69 Å². The first-order valence-electron chi connectivity index (χ1n) is 6.55. The quantitative estimate of drug-likeness (QED) is 0.806. The highest BCUT2D eigenvalue weighted by molar-refractivity contribution is 5.41. The molecule has 3 heteroatoms. The van der Waals surface area contributed by atoms with Gasteiger partial charge in [0, 0.05) is 6.04 Å². The molecule has 2 unspecified atom stereocenters. The summed E-state index contributed by atoms with van der Waals surface area (Å²) < 4.78 is 12.7. The molecule has 1 fully saturated rings. The fourth-order valence-electron chi connectivity index (χ4n) is 2.81. The Morgan fingerprint density at radius 3 is 2.71 bits per heavy atom. The summed E-state index contributed by atoms with van der Waals surface area (Å²) in [5.74, 6) is 0.995. The fraction of sp³-hybridized carbons (Fsp3) is 0.643. The molecule has 0 spiro atoms. The van der Waals surface area contributed by atoms with Gasteiger partial charge in [0.05, 0.1) is 11.9 Å². The molecule has 1 saturated carbocycles. The summed E-state index contributed by atoms with van der Waals surface area (Å²) in [6.07, 6.45) is 6.71. The maximum absolute atomic E-state index is 12.7. The molecule has 2 atom stereocenters. The molecule has 0 saturated heterocycles. The van der Waals surface area contributed by atoms with Gasteiger partial charge in [0.1, 0.15) is 0 Å². The van der Waals surface area contributed by atoms with E-state index < -0.39 is 5.95 Å². The third-order valence-electron chi connectivity index (χ3n) is 3.76. The summed E-state index contributed by atoms with van der Waals surface area (Å²) in [7, 11) is 0. The van der Waals surface area contributed by atoms with E-state index >= 15 is 0 Å². The van der Waals surface area contributed by atoms with Crippen LogP contribution in [0.2, 0.25) is 0 Å². The average Bonchev–Trinajstić information content (AvgIpc) is 2.32. The van der Waals surface area contributed by atoms with Gasteiger partial charge in [-0.2, -0.15) is 4.39 Å². The van der Waals surface area contributed by atoms with Gasteiger partial charge in [-0.15, -0.1) is 0 Å². The Kier molecular flexibility index (Phi) is 3.97. The number of nitrogens with one attached hydrogen (secondary N) is 1. The molecule has 0 bridgehead atoms. The minimum atomic E-state index is -0.417. The van der Waals surface area contributed by atoms with E-state index in [1.165, 1.54) is 31.7 Å². The predicted octanol–water partition coefficient (Wildman–Crippen LogP) is 3.85. The summed E-state index contributed by atoms with van der Waals surface area (Å²) >= 11 is 0. The molecule has 94 valence electrons.